The molecule has 0 N–H and O–H groups in total. The molecule has 184 valence electrons. The zero-order valence-electron chi connectivity index (χ0n) is 20.3. The molecule has 5 rings (SSSR count). The van der Waals surface area contributed by atoms with Gasteiger partial charge in [-0.3, -0.25) is 13.8 Å². The number of aryl methyl sites for hydroxylation is 1. The van der Waals surface area contributed by atoms with Crippen molar-refractivity contribution >= 4 is 21.7 Å². The monoisotopic (exact) mass is 484 g/mol. The minimum Gasteiger partial charge on any atom is -0.299 e. The van der Waals surface area contributed by atoms with E-state index >= 15 is 0 Å². The normalized spacial score (nSPS) is 35.4. The average Bonchev–Trinajstić information content (AvgIpc) is 3.12. The third kappa shape index (κ3) is 3.91. The zero-order chi connectivity index (χ0) is 24.1. The van der Waals surface area contributed by atoms with Gasteiger partial charge in [-0.25, -0.2) is 0 Å². The van der Waals surface area contributed by atoms with Gasteiger partial charge in [-0.1, -0.05) is 30.2 Å². The molecule has 3 fully saturated rings. The van der Waals surface area contributed by atoms with Crippen LogP contribution in [-0.2, 0) is 23.9 Å². The smallest absolute Gasteiger partial charge is 0.296 e. The van der Waals surface area contributed by atoms with Crippen molar-refractivity contribution in [3.05, 3.63) is 41.5 Å². The van der Waals surface area contributed by atoms with Crippen LogP contribution in [0.5, 0.6) is 0 Å². The summed E-state index contributed by atoms with van der Waals surface area (Å²) >= 11 is 0. The van der Waals surface area contributed by atoms with Gasteiger partial charge >= 0.3 is 0 Å². The molecule has 0 amide bonds. The largest absolute Gasteiger partial charge is 0.299 e. The van der Waals surface area contributed by atoms with Crippen LogP contribution in [0.1, 0.15) is 76.7 Å². The molecule has 34 heavy (non-hydrogen) atoms. The SMILES string of the molecule is Cc1ccc(S(=O)(=O)OCCC[C@]23CCC(=O)C=C2CC[C@@H]2[C@H]3CC[C@]3(C)C(=O)CC[C@@H]23)cc1. The lowest BCUT2D eigenvalue weighted by molar-refractivity contribution is -0.133. The van der Waals surface area contributed by atoms with E-state index in [-0.39, 0.29) is 28.1 Å². The van der Waals surface area contributed by atoms with Crippen LogP contribution < -0.4 is 0 Å². The van der Waals surface area contributed by atoms with E-state index in [1.807, 2.05) is 13.0 Å². The molecule has 0 aliphatic heterocycles. The van der Waals surface area contributed by atoms with Gasteiger partial charge in [0.15, 0.2) is 5.78 Å². The van der Waals surface area contributed by atoms with Gasteiger partial charge in [-0.05, 0) is 99.7 Å². The van der Waals surface area contributed by atoms with Gasteiger partial charge in [0.25, 0.3) is 10.1 Å². The summed E-state index contributed by atoms with van der Waals surface area (Å²) in [5, 5.41) is 0. The number of rotatable bonds is 6. The van der Waals surface area contributed by atoms with Crippen molar-refractivity contribution in [3.8, 4) is 0 Å². The molecule has 0 radical (unpaired) electrons. The van der Waals surface area contributed by atoms with E-state index < -0.39 is 10.1 Å². The zero-order valence-corrected chi connectivity index (χ0v) is 21.2. The summed E-state index contributed by atoms with van der Waals surface area (Å²) < 4.78 is 30.7. The minimum atomic E-state index is -3.78. The van der Waals surface area contributed by atoms with E-state index in [2.05, 4.69) is 6.92 Å². The lowest BCUT2D eigenvalue weighted by Gasteiger charge is -2.58. The number of fused-ring (bicyclic) bond motifs is 5. The topological polar surface area (TPSA) is 77.5 Å². The molecule has 1 aromatic rings. The van der Waals surface area contributed by atoms with Crippen LogP contribution >= 0.6 is 0 Å². The lowest BCUT2D eigenvalue weighted by Crippen LogP contribution is -2.51. The maximum absolute atomic E-state index is 12.7. The summed E-state index contributed by atoms with van der Waals surface area (Å²) in [5.74, 6) is 2.11. The molecule has 0 heterocycles. The number of ketones is 2. The van der Waals surface area contributed by atoms with Crippen molar-refractivity contribution in [3.63, 3.8) is 0 Å². The standard InChI is InChI=1S/C28H36O5S/c1-19-4-7-22(8-5-19)34(31,32)33-17-3-14-28-16-12-21(29)18-20(28)6-9-23-24-10-11-26(30)27(24,2)15-13-25(23)28/h4-5,7-8,18,23-25H,3,6,9-17H2,1-2H3/t23-,24-,25+,27-,28-/m0/s1. The number of Topliss-reactive ketones (excluding diaryl/α,β-unsaturated/α-hetero) is 1. The summed E-state index contributed by atoms with van der Waals surface area (Å²) in [6.07, 6.45) is 10.5. The highest BCUT2D eigenvalue weighted by molar-refractivity contribution is 7.86. The Labute approximate surface area is 203 Å². The second-order valence-corrected chi connectivity index (χ2v) is 12.9. The van der Waals surface area contributed by atoms with E-state index in [0.29, 0.717) is 42.8 Å². The van der Waals surface area contributed by atoms with Crippen LogP contribution in [0.15, 0.2) is 40.8 Å². The Morgan fingerprint density at radius 1 is 0.971 bits per heavy atom. The number of allylic oxidation sites excluding steroid dienone is 1. The summed E-state index contributed by atoms with van der Waals surface area (Å²) in [6, 6.07) is 6.73. The Balaban J connectivity index is 1.33. The molecule has 0 saturated heterocycles. The fourth-order valence-corrected chi connectivity index (χ4v) is 8.87. The third-order valence-electron chi connectivity index (χ3n) is 9.71. The van der Waals surface area contributed by atoms with Crippen LogP contribution in [0, 0.1) is 35.5 Å². The number of hydrogen-bond acceptors (Lipinski definition) is 5. The van der Waals surface area contributed by atoms with Gasteiger partial charge in [-0.15, -0.1) is 0 Å². The Morgan fingerprint density at radius 2 is 1.74 bits per heavy atom. The molecule has 0 unspecified atom stereocenters. The molecule has 0 bridgehead atoms. The van der Waals surface area contributed by atoms with E-state index in [9.17, 15) is 18.0 Å². The highest BCUT2D eigenvalue weighted by Gasteiger charge is 2.59. The molecule has 1 aromatic carbocycles. The van der Waals surface area contributed by atoms with Crippen LogP contribution in [0.4, 0.5) is 0 Å². The van der Waals surface area contributed by atoms with Crippen LogP contribution in [-0.4, -0.2) is 26.6 Å². The predicted octanol–water partition coefficient (Wildman–Crippen LogP) is 5.56. The Hall–Kier alpha value is -1.79. The average molecular weight is 485 g/mol. The molecule has 3 saturated carbocycles. The molecular weight excluding hydrogens is 448 g/mol. The first kappa shape index (κ1) is 23.9. The van der Waals surface area contributed by atoms with Gasteiger partial charge in [0.1, 0.15) is 5.78 Å². The van der Waals surface area contributed by atoms with E-state index in [0.717, 1.165) is 50.5 Å². The van der Waals surface area contributed by atoms with Crippen molar-refractivity contribution in [1.29, 1.82) is 0 Å². The van der Waals surface area contributed by atoms with Crippen molar-refractivity contribution < 1.29 is 22.2 Å². The molecule has 4 aliphatic carbocycles. The minimum absolute atomic E-state index is 0.0548. The first-order chi connectivity index (χ1) is 16.2. The number of carbonyl (C=O) groups is 2. The van der Waals surface area contributed by atoms with Crippen molar-refractivity contribution in [2.24, 2.45) is 28.6 Å². The first-order valence-electron chi connectivity index (χ1n) is 12.9. The number of carbonyl (C=O) groups excluding carboxylic acids is 2. The second kappa shape index (κ2) is 8.70. The maximum Gasteiger partial charge on any atom is 0.296 e. The van der Waals surface area contributed by atoms with E-state index in [1.165, 1.54) is 5.57 Å². The van der Waals surface area contributed by atoms with E-state index in [1.54, 1.807) is 24.3 Å². The number of hydrogen-bond donors (Lipinski definition) is 0. The highest BCUT2D eigenvalue weighted by atomic mass is 32.2. The Bertz CT molecular complexity index is 1120. The molecule has 5 atom stereocenters. The summed E-state index contributed by atoms with van der Waals surface area (Å²) in [6.45, 7) is 4.26. The summed E-state index contributed by atoms with van der Waals surface area (Å²) in [4.78, 5) is 25.2. The fraction of sp³-hybridized carbons (Fsp3) is 0.643. The number of benzene rings is 1. The van der Waals surface area contributed by atoms with Crippen molar-refractivity contribution in [2.45, 2.75) is 83.0 Å². The molecule has 4 aliphatic rings. The van der Waals surface area contributed by atoms with Gasteiger partial charge in [-0.2, -0.15) is 8.42 Å². The Morgan fingerprint density at radius 3 is 2.50 bits per heavy atom. The van der Waals surface area contributed by atoms with Gasteiger partial charge in [0.2, 0.25) is 0 Å². The summed E-state index contributed by atoms with van der Waals surface area (Å²) in [7, 11) is -3.78. The Kier molecular flexibility index (Phi) is 6.12. The van der Waals surface area contributed by atoms with Crippen LogP contribution in [0.3, 0.4) is 0 Å². The van der Waals surface area contributed by atoms with Gasteiger partial charge in [0, 0.05) is 18.3 Å². The highest BCUT2D eigenvalue weighted by Crippen LogP contribution is 2.65. The van der Waals surface area contributed by atoms with Crippen molar-refractivity contribution in [2.75, 3.05) is 6.61 Å². The lowest BCUT2D eigenvalue weighted by atomic mass is 9.46. The molecule has 5 nitrogen and oxygen atoms in total. The predicted molar refractivity (Wildman–Crippen MR) is 130 cm³/mol. The van der Waals surface area contributed by atoms with Gasteiger partial charge < -0.3 is 0 Å². The molecule has 0 aromatic heterocycles. The fourth-order valence-electron chi connectivity index (χ4n) is 7.93. The molecular formula is C28H36O5S. The van der Waals surface area contributed by atoms with Crippen LogP contribution in [0.25, 0.3) is 0 Å². The molecule has 0 spiro atoms. The third-order valence-corrected chi connectivity index (χ3v) is 11.0. The maximum atomic E-state index is 12.7. The summed E-state index contributed by atoms with van der Waals surface area (Å²) in [5.41, 5.74) is 2.06. The second-order valence-electron chi connectivity index (χ2n) is 11.3. The quantitative estimate of drug-likeness (QED) is 0.390. The van der Waals surface area contributed by atoms with Crippen molar-refractivity contribution in [1.82, 2.24) is 0 Å². The van der Waals surface area contributed by atoms with Crippen LogP contribution in [0.2, 0.25) is 0 Å². The molecule has 6 heteroatoms. The first-order valence-corrected chi connectivity index (χ1v) is 14.3. The van der Waals surface area contributed by atoms with Gasteiger partial charge in [0.05, 0.1) is 11.5 Å². The van der Waals surface area contributed by atoms with E-state index in [4.69, 9.17) is 4.18 Å².